The predicted molar refractivity (Wildman–Crippen MR) is 109 cm³/mol. The predicted octanol–water partition coefficient (Wildman–Crippen LogP) is 5.15. The fourth-order valence-electron chi connectivity index (χ4n) is 4.28. The van der Waals surface area contributed by atoms with Gasteiger partial charge in [0.05, 0.1) is 23.8 Å². The average molecular weight is 388 g/mol. The van der Waals surface area contributed by atoms with Crippen LogP contribution in [0.1, 0.15) is 64.9 Å². The molecule has 1 aliphatic carbocycles. The van der Waals surface area contributed by atoms with E-state index in [0.29, 0.717) is 30.4 Å². The number of allylic oxidation sites excluding steroid dienone is 1. The minimum absolute atomic E-state index is 0.215. The molecule has 3 unspecified atom stereocenters. The summed E-state index contributed by atoms with van der Waals surface area (Å²) in [5, 5.41) is 4.06. The second kappa shape index (κ2) is 8.51. The molecular formula is C22H29NO3S. The minimum atomic E-state index is -0.324. The summed E-state index contributed by atoms with van der Waals surface area (Å²) in [6.45, 7) is 8.57. The average Bonchev–Trinajstić information content (AvgIpc) is 3.15. The van der Waals surface area contributed by atoms with Gasteiger partial charge >= 0.3 is 5.97 Å². The number of carbonyl (C=O) groups is 2. The Kier molecular flexibility index (Phi) is 6.30. The molecule has 2 aliphatic rings. The van der Waals surface area contributed by atoms with E-state index in [1.807, 2.05) is 18.4 Å². The molecule has 0 amide bonds. The largest absolute Gasteiger partial charge is 0.463 e. The number of carbonyl (C=O) groups excluding carboxylic acids is 2. The minimum Gasteiger partial charge on any atom is -0.463 e. The van der Waals surface area contributed by atoms with E-state index in [-0.39, 0.29) is 23.6 Å². The first-order valence-electron chi connectivity index (χ1n) is 10.00. The van der Waals surface area contributed by atoms with Crippen LogP contribution in [-0.2, 0) is 14.3 Å². The summed E-state index contributed by atoms with van der Waals surface area (Å²) >= 11 is 1.60. The lowest BCUT2D eigenvalue weighted by molar-refractivity contribution is -0.139. The maximum absolute atomic E-state index is 13.2. The molecule has 1 fully saturated rings. The number of ketones is 1. The Hall–Kier alpha value is -1.75. The van der Waals surface area contributed by atoms with E-state index in [4.69, 9.17) is 9.73 Å². The molecule has 3 atom stereocenters. The summed E-state index contributed by atoms with van der Waals surface area (Å²) in [5.74, 6) is 0.0930. The number of hydrogen-bond acceptors (Lipinski definition) is 5. The van der Waals surface area contributed by atoms with E-state index in [1.165, 1.54) is 0 Å². The van der Waals surface area contributed by atoms with Gasteiger partial charge in [-0.3, -0.25) is 9.79 Å². The lowest BCUT2D eigenvalue weighted by Crippen LogP contribution is -2.42. The Morgan fingerprint density at radius 3 is 2.67 bits per heavy atom. The molecule has 27 heavy (non-hydrogen) atoms. The maximum atomic E-state index is 13.2. The van der Waals surface area contributed by atoms with Crippen LogP contribution in [0.5, 0.6) is 0 Å². The van der Waals surface area contributed by atoms with E-state index in [1.54, 1.807) is 11.3 Å². The molecule has 146 valence electrons. The SMILES string of the molecule is CCCC1=C(C(=O)OCC)C(c2ccsc2)C2C(=O)CC(C(C)C)CC2=N1. The fraction of sp³-hybridized carbons (Fsp3) is 0.591. The second-order valence-electron chi connectivity index (χ2n) is 7.82. The van der Waals surface area contributed by atoms with Crippen LogP contribution >= 0.6 is 11.3 Å². The zero-order valence-electron chi connectivity index (χ0n) is 16.7. The van der Waals surface area contributed by atoms with Gasteiger partial charge in [-0.25, -0.2) is 4.79 Å². The van der Waals surface area contributed by atoms with Gasteiger partial charge in [-0.2, -0.15) is 11.3 Å². The van der Waals surface area contributed by atoms with E-state index in [2.05, 4.69) is 26.2 Å². The van der Waals surface area contributed by atoms with Crippen molar-refractivity contribution in [3.05, 3.63) is 33.7 Å². The molecule has 1 aromatic heterocycles. The highest BCUT2D eigenvalue weighted by molar-refractivity contribution is 7.08. The Morgan fingerprint density at radius 2 is 2.07 bits per heavy atom. The van der Waals surface area contributed by atoms with Crippen LogP contribution in [0.4, 0.5) is 0 Å². The van der Waals surface area contributed by atoms with Crippen molar-refractivity contribution in [1.29, 1.82) is 0 Å². The molecule has 0 spiro atoms. The highest BCUT2D eigenvalue weighted by atomic mass is 32.1. The summed E-state index contributed by atoms with van der Waals surface area (Å²) < 4.78 is 5.39. The Bertz CT molecular complexity index is 761. The van der Waals surface area contributed by atoms with E-state index in [9.17, 15) is 9.59 Å². The van der Waals surface area contributed by atoms with Crippen molar-refractivity contribution in [2.45, 2.75) is 59.3 Å². The number of thiophene rings is 1. The van der Waals surface area contributed by atoms with Gasteiger partial charge < -0.3 is 4.74 Å². The van der Waals surface area contributed by atoms with Crippen LogP contribution in [0.15, 0.2) is 33.1 Å². The van der Waals surface area contributed by atoms with Crippen LogP contribution in [0.25, 0.3) is 0 Å². The number of fused-ring (bicyclic) bond motifs is 1. The van der Waals surface area contributed by atoms with Crippen LogP contribution < -0.4 is 0 Å². The van der Waals surface area contributed by atoms with Crippen molar-refractivity contribution in [2.75, 3.05) is 6.61 Å². The first-order chi connectivity index (χ1) is 13.0. The number of Topliss-reactive ketones (excluding diaryl/α,β-unsaturated/α-hetero) is 1. The van der Waals surface area contributed by atoms with Crippen LogP contribution in [0.3, 0.4) is 0 Å². The molecule has 0 radical (unpaired) electrons. The van der Waals surface area contributed by atoms with Gasteiger partial charge in [0.25, 0.3) is 0 Å². The van der Waals surface area contributed by atoms with Gasteiger partial charge in [0.2, 0.25) is 0 Å². The summed E-state index contributed by atoms with van der Waals surface area (Å²) in [6, 6.07) is 2.03. The highest BCUT2D eigenvalue weighted by Crippen LogP contribution is 2.46. The lowest BCUT2D eigenvalue weighted by Gasteiger charge is -2.39. The first-order valence-corrected chi connectivity index (χ1v) is 10.9. The summed E-state index contributed by atoms with van der Waals surface area (Å²) in [6.07, 6.45) is 3.04. The number of aliphatic imine (C=N–C) groups is 1. The normalized spacial score (nSPS) is 25.4. The van der Waals surface area contributed by atoms with E-state index < -0.39 is 0 Å². The molecule has 0 aromatic carbocycles. The quantitative estimate of drug-likeness (QED) is 0.634. The van der Waals surface area contributed by atoms with Gasteiger partial charge in [-0.15, -0.1) is 0 Å². The van der Waals surface area contributed by atoms with Crippen molar-refractivity contribution in [3.8, 4) is 0 Å². The van der Waals surface area contributed by atoms with Gasteiger partial charge in [0.1, 0.15) is 5.78 Å². The van der Waals surface area contributed by atoms with Crippen LogP contribution in [0, 0.1) is 17.8 Å². The summed E-state index contributed by atoms with van der Waals surface area (Å²) in [7, 11) is 0. The smallest absolute Gasteiger partial charge is 0.336 e. The maximum Gasteiger partial charge on any atom is 0.336 e. The van der Waals surface area contributed by atoms with Gasteiger partial charge in [-0.1, -0.05) is 27.2 Å². The molecule has 2 heterocycles. The topological polar surface area (TPSA) is 55.7 Å². The molecule has 0 saturated heterocycles. The molecule has 4 nitrogen and oxygen atoms in total. The first kappa shape index (κ1) is 20.0. The zero-order valence-corrected chi connectivity index (χ0v) is 17.5. The third-order valence-electron chi connectivity index (χ3n) is 5.70. The Balaban J connectivity index is 2.14. The van der Waals surface area contributed by atoms with Gasteiger partial charge in [0, 0.05) is 18.1 Å². The van der Waals surface area contributed by atoms with Crippen molar-refractivity contribution < 1.29 is 14.3 Å². The molecule has 1 aliphatic heterocycles. The van der Waals surface area contributed by atoms with E-state index >= 15 is 0 Å². The number of rotatable bonds is 6. The zero-order chi connectivity index (χ0) is 19.6. The Labute approximate surface area is 165 Å². The van der Waals surface area contributed by atoms with Crippen LogP contribution in [0.2, 0.25) is 0 Å². The van der Waals surface area contributed by atoms with Crippen LogP contribution in [-0.4, -0.2) is 24.1 Å². The molecule has 1 saturated carbocycles. The van der Waals surface area contributed by atoms with Crippen molar-refractivity contribution >= 4 is 28.8 Å². The molecule has 3 rings (SSSR count). The number of nitrogens with zero attached hydrogens (tertiary/aromatic N) is 1. The third-order valence-corrected chi connectivity index (χ3v) is 6.40. The molecular weight excluding hydrogens is 358 g/mol. The van der Waals surface area contributed by atoms with Crippen molar-refractivity contribution in [2.24, 2.45) is 22.7 Å². The van der Waals surface area contributed by atoms with Gasteiger partial charge in [-0.05, 0) is 54.0 Å². The fourth-order valence-corrected chi connectivity index (χ4v) is 4.97. The lowest BCUT2D eigenvalue weighted by atomic mass is 9.65. The number of ether oxygens (including phenoxy) is 1. The monoisotopic (exact) mass is 387 g/mol. The number of hydrogen-bond donors (Lipinski definition) is 0. The van der Waals surface area contributed by atoms with Gasteiger partial charge in [0.15, 0.2) is 0 Å². The third kappa shape index (κ3) is 3.93. The molecule has 5 heteroatoms. The van der Waals surface area contributed by atoms with E-state index in [0.717, 1.165) is 36.2 Å². The summed E-state index contributed by atoms with van der Waals surface area (Å²) in [4.78, 5) is 31.0. The highest BCUT2D eigenvalue weighted by Gasteiger charge is 2.46. The summed E-state index contributed by atoms with van der Waals surface area (Å²) in [5.41, 5.74) is 3.42. The molecule has 0 bridgehead atoms. The number of esters is 1. The standard InChI is InChI=1S/C22H29NO3S/c1-5-7-16-21(22(25)26-6-2)19(14-8-9-27-12-14)20-17(23-16)10-15(13(3)4)11-18(20)24/h8-9,12-13,15,19-20H,5-7,10-11H2,1-4H3. The second-order valence-corrected chi connectivity index (χ2v) is 8.60. The Morgan fingerprint density at radius 1 is 1.30 bits per heavy atom. The molecule has 0 N–H and O–H groups in total. The van der Waals surface area contributed by atoms with Crippen molar-refractivity contribution in [1.82, 2.24) is 0 Å². The molecule has 1 aromatic rings. The van der Waals surface area contributed by atoms with Crippen molar-refractivity contribution in [3.63, 3.8) is 0 Å².